The molecule has 5 rings (SSSR count). The maximum absolute atomic E-state index is 13.5. The Labute approximate surface area is 178 Å². The van der Waals surface area contributed by atoms with Crippen molar-refractivity contribution in [2.75, 3.05) is 12.0 Å². The van der Waals surface area contributed by atoms with E-state index in [4.69, 9.17) is 4.74 Å². The van der Waals surface area contributed by atoms with Crippen LogP contribution in [-0.2, 0) is 11.3 Å². The molecule has 0 saturated carbocycles. The first-order valence-electron chi connectivity index (χ1n) is 9.77. The normalized spacial score (nSPS) is 12.7. The summed E-state index contributed by atoms with van der Waals surface area (Å²) in [4.78, 5) is 27.5. The number of hydrogen-bond acceptors (Lipinski definition) is 5. The van der Waals surface area contributed by atoms with E-state index in [2.05, 4.69) is 10.3 Å². The molecule has 31 heavy (non-hydrogen) atoms. The topological polar surface area (TPSA) is 77.3 Å². The zero-order valence-corrected chi connectivity index (χ0v) is 16.7. The quantitative estimate of drug-likeness (QED) is 0.479. The van der Waals surface area contributed by atoms with E-state index in [1.807, 2.05) is 60.7 Å². The maximum atomic E-state index is 13.5. The molecule has 0 aliphatic carbocycles. The van der Waals surface area contributed by atoms with Crippen molar-refractivity contribution >= 4 is 17.6 Å². The predicted molar refractivity (Wildman–Crippen MR) is 115 cm³/mol. The molecule has 1 aliphatic rings. The molecule has 0 fully saturated rings. The number of hydrogen-bond donors (Lipinski definition) is 0. The van der Waals surface area contributed by atoms with E-state index in [0.717, 1.165) is 5.69 Å². The predicted octanol–water partition coefficient (Wildman–Crippen LogP) is 3.88. The second-order valence-corrected chi connectivity index (χ2v) is 7.08. The molecule has 152 valence electrons. The number of amides is 1. The Kier molecular flexibility index (Phi) is 4.55. The first-order chi connectivity index (χ1) is 15.2. The SMILES string of the molecule is COC(=O)c1ccccc1-c1nnn2c1CN(c1ccccc1)C(=O)c1ccccc1-2. The Bertz CT molecular complexity index is 1300. The molecule has 0 saturated heterocycles. The maximum Gasteiger partial charge on any atom is 0.338 e. The zero-order valence-electron chi connectivity index (χ0n) is 16.7. The first kappa shape index (κ1) is 18.7. The number of carbonyl (C=O) groups excluding carboxylic acids is 2. The van der Waals surface area contributed by atoms with Gasteiger partial charge >= 0.3 is 5.97 Å². The van der Waals surface area contributed by atoms with Crippen molar-refractivity contribution in [2.45, 2.75) is 6.54 Å². The van der Waals surface area contributed by atoms with E-state index in [9.17, 15) is 9.59 Å². The van der Waals surface area contributed by atoms with Gasteiger partial charge < -0.3 is 9.64 Å². The number of aromatic nitrogens is 3. The highest BCUT2D eigenvalue weighted by atomic mass is 16.5. The van der Waals surface area contributed by atoms with Crippen molar-refractivity contribution in [2.24, 2.45) is 0 Å². The highest BCUT2D eigenvalue weighted by Crippen LogP contribution is 2.33. The monoisotopic (exact) mass is 410 g/mol. The van der Waals surface area contributed by atoms with Crippen LogP contribution in [0.3, 0.4) is 0 Å². The first-order valence-corrected chi connectivity index (χ1v) is 9.77. The fraction of sp³-hybridized carbons (Fsp3) is 0.0833. The van der Waals surface area contributed by atoms with E-state index >= 15 is 0 Å². The van der Waals surface area contributed by atoms with Gasteiger partial charge in [0.15, 0.2) is 0 Å². The zero-order chi connectivity index (χ0) is 21.4. The number of rotatable bonds is 3. The number of anilines is 1. The van der Waals surface area contributed by atoms with Crippen molar-refractivity contribution in [3.05, 3.63) is 95.7 Å². The van der Waals surface area contributed by atoms with Crippen LogP contribution in [0.4, 0.5) is 5.69 Å². The van der Waals surface area contributed by atoms with Gasteiger partial charge in [-0.1, -0.05) is 53.7 Å². The van der Waals surface area contributed by atoms with Gasteiger partial charge in [-0.3, -0.25) is 4.79 Å². The van der Waals surface area contributed by atoms with Crippen molar-refractivity contribution < 1.29 is 14.3 Å². The molecule has 0 radical (unpaired) electrons. The molecule has 1 aromatic heterocycles. The van der Waals surface area contributed by atoms with Crippen LogP contribution in [0, 0.1) is 0 Å². The third kappa shape index (κ3) is 3.07. The second-order valence-electron chi connectivity index (χ2n) is 7.08. The van der Waals surface area contributed by atoms with Crippen LogP contribution in [-0.4, -0.2) is 34.0 Å². The van der Waals surface area contributed by atoms with E-state index in [1.165, 1.54) is 7.11 Å². The van der Waals surface area contributed by atoms with Gasteiger partial charge in [0.2, 0.25) is 0 Å². The number of benzene rings is 3. The molecular weight excluding hydrogens is 392 g/mol. The highest BCUT2D eigenvalue weighted by molar-refractivity contribution is 6.09. The summed E-state index contributed by atoms with van der Waals surface area (Å²) in [7, 11) is 1.34. The van der Waals surface area contributed by atoms with Crippen LogP contribution in [0.25, 0.3) is 16.9 Å². The lowest BCUT2D eigenvalue weighted by atomic mass is 10.0. The molecule has 3 aromatic carbocycles. The summed E-state index contributed by atoms with van der Waals surface area (Å²) in [5, 5.41) is 8.77. The van der Waals surface area contributed by atoms with Crippen LogP contribution < -0.4 is 4.90 Å². The minimum atomic E-state index is -0.456. The van der Waals surface area contributed by atoms with Gasteiger partial charge in [-0.05, 0) is 30.3 Å². The average molecular weight is 410 g/mol. The van der Waals surface area contributed by atoms with Crippen LogP contribution in [0.5, 0.6) is 0 Å². The molecule has 0 spiro atoms. The molecule has 1 amide bonds. The lowest BCUT2D eigenvalue weighted by molar-refractivity contribution is 0.0601. The number of ether oxygens (including phenoxy) is 1. The highest BCUT2D eigenvalue weighted by Gasteiger charge is 2.31. The van der Waals surface area contributed by atoms with Crippen LogP contribution in [0.2, 0.25) is 0 Å². The van der Waals surface area contributed by atoms with Gasteiger partial charge in [-0.15, -0.1) is 5.10 Å². The number of esters is 1. The fourth-order valence-electron chi connectivity index (χ4n) is 3.85. The van der Waals surface area contributed by atoms with Gasteiger partial charge in [0.1, 0.15) is 5.69 Å². The van der Waals surface area contributed by atoms with Crippen molar-refractivity contribution in [1.29, 1.82) is 0 Å². The second kappa shape index (κ2) is 7.53. The smallest absolute Gasteiger partial charge is 0.338 e. The molecule has 1 aliphatic heterocycles. The van der Waals surface area contributed by atoms with E-state index in [-0.39, 0.29) is 12.5 Å². The Balaban J connectivity index is 1.75. The summed E-state index contributed by atoms with van der Waals surface area (Å²) in [6.45, 7) is 0.245. The van der Waals surface area contributed by atoms with Crippen LogP contribution in [0.1, 0.15) is 26.4 Å². The third-order valence-electron chi connectivity index (χ3n) is 5.33. The van der Waals surface area contributed by atoms with Gasteiger partial charge in [0.25, 0.3) is 5.91 Å². The van der Waals surface area contributed by atoms with Crippen molar-refractivity contribution in [3.63, 3.8) is 0 Å². The summed E-state index contributed by atoms with van der Waals surface area (Å²) < 4.78 is 6.63. The average Bonchev–Trinajstić information content (AvgIpc) is 3.20. The minimum absolute atomic E-state index is 0.125. The van der Waals surface area contributed by atoms with Crippen LogP contribution in [0.15, 0.2) is 78.9 Å². The van der Waals surface area contributed by atoms with E-state index < -0.39 is 5.97 Å². The Morgan fingerprint density at radius 1 is 0.903 bits per heavy atom. The largest absolute Gasteiger partial charge is 0.465 e. The molecule has 0 unspecified atom stereocenters. The number of carbonyl (C=O) groups is 2. The summed E-state index contributed by atoms with van der Waals surface area (Å²) in [6.07, 6.45) is 0. The molecule has 7 nitrogen and oxygen atoms in total. The Morgan fingerprint density at radius 2 is 1.58 bits per heavy atom. The van der Waals surface area contributed by atoms with E-state index in [0.29, 0.717) is 33.8 Å². The number of fused-ring (bicyclic) bond motifs is 3. The number of methoxy groups -OCH3 is 1. The summed E-state index contributed by atoms with van der Waals surface area (Å²) in [5.41, 5.74) is 4.19. The molecule has 4 aromatic rings. The van der Waals surface area contributed by atoms with Gasteiger partial charge in [-0.25, -0.2) is 9.48 Å². The Hall–Kier alpha value is -4.26. The lowest BCUT2D eigenvalue weighted by Crippen LogP contribution is -2.29. The van der Waals surface area contributed by atoms with Gasteiger partial charge in [0.05, 0.1) is 36.2 Å². The number of nitrogens with zero attached hydrogens (tertiary/aromatic N) is 4. The van der Waals surface area contributed by atoms with Crippen molar-refractivity contribution in [1.82, 2.24) is 15.0 Å². The molecule has 2 heterocycles. The summed E-state index contributed by atoms with van der Waals surface area (Å²) in [6, 6.07) is 23.9. The van der Waals surface area contributed by atoms with Crippen LogP contribution >= 0.6 is 0 Å². The molecule has 7 heteroatoms. The lowest BCUT2D eigenvalue weighted by Gasteiger charge is -2.21. The standard InChI is InChI=1S/C24H18N4O3/c1-31-24(30)18-12-6-5-11-17(18)22-21-15-27(16-9-3-2-4-10-16)23(29)19-13-7-8-14-20(19)28(21)26-25-22/h2-14H,15H2,1H3. The van der Waals surface area contributed by atoms with Gasteiger partial charge in [-0.2, -0.15) is 0 Å². The molecule has 0 N–H and O–H groups in total. The third-order valence-corrected chi connectivity index (χ3v) is 5.33. The minimum Gasteiger partial charge on any atom is -0.465 e. The van der Waals surface area contributed by atoms with Gasteiger partial charge in [0, 0.05) is 11.3 Å². The summed E-state index contributed by atoms with van der Waals surface area (Å²) >= 11 is 0. The van der Waals surface area contributed by atoms with E-state index in [1.54, 1.807) is 27.8 Å². The summed E-state index contributed by atoms with van der Waals surface area (Å²) in [5.74, 6) is -0.582. The molecule has 0 bridgehead atoms. The fourth-order valence-corrected chi connectivity index (χ4v) is 3.85. The molecular formula is C24H18N4O3. The van der Waals surface area contributed by atoms with Crippen molar-refractivity contribution in [3.8, 4) is 16.9 Å². The Morgan fingerprint density at radius 3 is 2.35 bits per heavy atom. The number of para-hydroxylation sites is 2. The molecule has 0 atom stereocenters.